The standard InChI is InChI=1S/C33H58NO4P/c1-27(2)13-9-15-29(5)17-11-19-31(7)21-24-37-39(36,26-23-33(34)35)38-25-22-32(8)20-12-18-30(6)16-10-14-28(3)4/h13-14,17-18,21-22,33,35H,9-12,15-16,19-20,23-26,34H2,1-8H3. The summed E-state index contributed by atoms with van der Waals surface area (Å²) < 4.78 is 24.7. The predicted octanol–water partition coefficient (Wildman–Crippen LogP) is 9.72. The van der Waals surface area contributed by atoms with Gasteiger partial charge in [-0.05, 0) is 113 Å². The smallest absolute Gasteiger partial charge is 0.331 e. The molecule has 0 aromatic heterocycles. The molecular weight excluding hydrogens is 505 g/mol. The van der Waals surface area contributed by atoms with E-state index in [4.69, 9.17) is 14.8 Å². The lowest BCUT2D eigenvalue weighted by Gasteiger charge is -2.18. The average Bonchev–Trinajstić information content (AvgIpc) is 2.82. The predicted molar refractivity (Wildman–Crippen MR) is 170 cm³/mol. The third kappa shape index (κ3) is 24.1. The van der Waals surface area contributed by atoms with Crippen LogP contribution in [0, 0.1) is 0 Å². The van der Waals surface area contributed by atoms with Gasteiger partial charge in [-0.25, -0.2) is 0 Å². The summed E-state index contributed by atoms with van der Waals surface area (Å²) in [7, 11) is -3.37. The molecule has 0 heterocycles. The minimum absolute atomic E-state index is 0.0890. The van der Waals surface area contributed by atoms with Gasteiger partial charge in [0, 0.05) is 0 Å². The van der Waals surface area contributed by atoms with Crippen LogP contribution in [0.3, 0.4) is 0 Å². The van der Waals surface area contributed by atoms with Crippen LogP contribution in [-0.2, 0) is 13.6 Å². The fraction of sp³-hybridized carbons (Fsp3) is 0.636. The van der Waals surface area contributed by atoms with Gasteiger partial charge in [-0.1, -0.05) is 69.9 Å². The molecule has 1 unspecified atom stereocenters. The van der Waals surface area contributed by atoms with Crippen molar-refractivity contribution in [2.75, 3.05) is 19.4 Å². The fourth-order valence-corrected chi connectivity index (χ4v) is 5.24. The first-order valence-electron chi connectivity index (χ1n) is 14.5. The van der Waals surface area contributed by atoms with Gasteiger partial charge in [-0.2, -0.15) is 0 Å². The Labute approximate surface area is 240 Å². The van der Waals surface area contributed by atoms with E-state index in [-0.39, 0.29) is 25.8 Å². The molecule has 1 atom stereocenters. The zero-order chi connectivity index (χ0) is 29.7. The third-order valence-electron chi connectivity index (χ3n) is 6.35. The molecule has 0 aliphatic carbocycles. The van der Waals surface area contributed by atoms with Gasteiger partial charge in [0.2, 0.25) is 0 Å². The van der Waals surface area contributed by atoms with E-state index in [9.17, 15) is 9.67 Å². The highest BCUT2D eigenvalue weighted by molar-refractivity contribution is 7.53. The number of allylic oxidation sites excluding steroid dienone is 10. The highest BCUT2D eigenvalue weighted by Crippen LogP contribution is 2.49. The summed E-state index contributed by atoms with van der Waals surface area (Å²) in [5.74, 6) is 0. The van der Waals surface area contributed by atoms with Gasteiger partial charge in [0.05, 0.1) is 19.4 Å². The van der Waals surface area contributed by atoms with Gasteiger partial charge in [0.1, 0.15) is 6.23 Å². The molecule has 0 aromatic carbocycles. The summed E-state index contributed by atoms with van der Waals surface area (Å²) in [4.78, 5) is 0. The van der Waals surface area contributed by atoms with E-state index in [0.717, 1.165) is 51.4 Å². The lowest BCUT2D eigenvalue weighted by atomic mass is 10.1. The molecular formula is C33H58NO4P. The molecule has 39 heavy (non-hydrogen) atoms. The molecule has 0 saturated heterocycles. The van der Waals surface area contributed by atoms with Crippen LogP contribution in [0.4, 0.5) is 0 Å². The SMILES string of the molecule is CC(C)=CCCC(C)=CCCC(C)=CCOP(=O)(CCC(N)O)OCC=C(C)CCC=C(C)CCC=C(C)C. The second-order valence-electron chi connectivity index (χ2n) is 11.2. The molecule has 0 rings (SSSR count). The summed E-state index contributed by atoms with van der Waals surface area (Å²) in [5.41, 5.74) is 13.4. The van der Waals surface area contributed by atoms with Crippen molar-refractivity contribution in [3.63, 3.8) is 0 Å². The van der Waals surface area contributed by atoms with E-state index in [0.29, 0.717) is 0 Å². The Hall–Kier alpha value is -1.49. The molecule has 0 aliphatic heterocycles. The topological polar surface area (TPSA) is 81.8 Å². The van der Waals surface area contributed by atoms with E-state index < -0.39 is 13.8 Å². The molecule has 0 fully saturated rings. The van der Waals surface area contributed by atoms with Crippen LogP contribution >= 0.6 is 7.60 Å². The molecule has 0 radical (unpaired) electrons. The first-order chi connectivity index (χ1) is 18.3. The quantitative estimate of drug-likeness (QED) is 0.0825. The van der Waals surface area contributed by atoms with Crippen LogP contribution in [-0.4, -0.2) is 30.7 Å². The van der Waals surface area contributed by atoms with Crippen LogP contribution in [0.1, 0.15) is 113 Å². The van der Waals surface area contributed by atoms with Crippen molar-refractivity contribution in [2.45, 2.75) is 119 Å². The van der Waals surface area contributed by atoms with Crippen LogP contribution in [0.15, 0.2) is 69.9 Å². The van der Waals surface area contributed by atoms with Gasteiger partial charge in [-0.15, -0.1) is 0 Å². The Bertz CT molecular complexity index is 848. The monoisotopic (exact) mass is 563 g/mol. The molecule has 6 heteroatoms. The third-order valence-corrected chi connectivity index (χ3v) is 8.24. The van der Waals surface area contributed by atoms with E-state index >= 15 is 0 Å². The lowest BCUT2D eigenvalue weighted by Crippen LogP contribution is -2.20. The number of aliphatic hydroxyl groups excluding tert-OH is 1. The summed E-state index contributed by atoms with van der Waals surface area (Å²) in [6.07, 6.45) is 20.4. The van der Waals surface area contributed by atoms with Crippen molar-refractivity contribution in [1.82, 2.24) is 0 Å². The minimum Gasteiger partial charge on any atom is -0.379 e. The fourth-order valence-electron chi connectivity index (χ4n) is 3.72. The van der Waals surface area contributed by atoms with Gasteiger partial charge >= 0.3 is 7.60 Å². The summed E-state index contributed by atoms with van der Waals surface area (Å²) in [5, 5.41) is 9.49. The maximum absolute atomic E-state index is 13.3. The maximum atomic E-state index is 13.3. The zero-order valence-corrected chi connectivity index (χ0v) is 27.1. The Morgan fingerprint density at radius 1 is 0.641 bits per heavy atom. The molecule has 5 nitrogen and oxygen atoms in total. The summed E-state index contributed by atoms with van der Waals surface area (Å²) in [6.45, 7) is 17.4. The normalized spacial score (nSPS) is 15.6. The van der Waals surface area contributed by atoms with Gasteiger partial charge in [0.15, 0.2) is 0 Å². The number of nitrogens with two attached hydrogens (primary N) is 1. The van der Waals surface area contributed by atoms with Crippen LogP contribution in [0.25, 0.3) is 0 Å². The van der Waals surface area contributed by atoms with E-state index in [2.05, 4.69) is 79.7 Å². The molecule has 0 amide bonds. The number of hydrogen-bond donors (Lipinski definition) is 2. The first kappa shape index (κ1) is 37.5. The Morgan fingerprint density at radius 2 is 0.974 bits per heavy atom. The summed E-state index contributed by atoms with van der Waals surface area (Å²) in [6, 6.07) is 0. The first-order valence-corrected chi connectivity index (χ1v) is 16.3. The second-order valence-corrected chi connectivity index (χ2v) is 13.4. The van der Waals surface area contributed by atoms with Gasteiger partial charge in [0.25, 0.3) is 0 Å². The highest BCUT2D eigenvalue weighted by Gasteiger charge is 2.24. The molecule has 0 aromatic rings. The van der Waals surface area contributed by atoms with Gasteiger partial charge < -0.3 is 19.9 Å². The summed E-state index contributed by atoms with van der Waals surface area (Å²) >= 11 is 0. The van der Waals surface area contributed by atoms with Crippen LogP contribution < -0.4 is 5.73 Å². The largest absolute Gasteiger partial charge is 0.379 e. The van der Waals surface area contributed by atoms with E-state index in [1.54, 1.807) is 0 Å². The number of aliphatic hydroxyl groups is 1. The molecule has 0 saturated carbocycles. The average molecular weight is 564 g/mol. The maximum Gasteiger partial charge on any atom is 0.331 e. The van der Waals surface area contributed by atoms with Crippen molar-refractivity contribution in [3.05, 3.63) is 69.9 Å². The van der Waals surface area contributed by atoms with Crippen molar-refractivity contribution in [1.29, 1.82) is 0 Å². The number of hydrogen-bond acceptors (Lipinski definition) is 5. The van der Waals surface area contributed by atoms with Crippen LogP contribution in [0.2, 0.25) is 0 Å². The van der Waals surface area contributed by atoms with Gasteiger partial charge in [-0.3, -0.25) is 4.57 Å². The molecule has 3 N–H and O–H groups in total. The Balaban J connectivity index is 4.72. The second kappa shape index (κ2) is 22.2. The van der Waals surface area contributed by atoms with Crippen LogP contribution in [0.5, 0.6) is 0 Å². The van der Waals surface area contributed by atoms with Crippen molar-refractivity contribution >= 4 is 7.60 Å². The lowest BCUT2D eigenvalue weighted by molar-refractivity contribution is 0.171. The van der Waals surface area contributed by atoms with Crippen molar-refractivity contribution in [2.24, 2.45) is 5.73 Å². The molecule has 0 aliphatic rings. The number of rotatable bonds is 21. The molecule has 0 bridgehead atoms. The minimum atomic E-state index is -3.37. The Morgan fingerprint density at radius 3 is 1.31 bits per heavy atom. The van der Waals surface area contributed by atoms with Crippen molar-refractivity contribution < 1.29 is 18.7 Å². The zero-order valence-electron chi connectivity index (χ0n) is 26.2. The molecule has 0 spiro atoms. The van der Waals surface area contributed by atoms with E-state index in [1.807, 2.05) is 12.2 Å². The van der Waals surface area contributed by atoms with Crippen molar-refractivity contribution in [3.8, 4) is 0 Å². The Kier molecular flexibility index (Phi) is 21.4. The van der Waals surface area contributed by atoms with E-state index in [1.165, 1.54) is 33.4 Å². The molecule has 224 valence electrons. The highest BCUT2D eigenvalue weighted by atomic mass is 31.2.